The number of rotatable bonds is 4. The van der Waals surface area contributed by atoms with E-state index in [1.807, 2.05) is 0 Å². The highest BCUT2D eigenvalue weighted by Crippen LogP contribution is 2.32. The molecule has 0 saturated carbocycles. The largest absolute Gasteiger partial charge is 0.511 e. The molecule has 0 aromatic carbocycles. The Morgan fingerprint density at radius 3 is 2.79 bits per heavy atom. The number of hydrogen-bond donors (Lipinski definition) is 5. The van der Waals surface area contributed by atoms with E-state index < -0.39 is 37.3 Å². The lowest BCUT2D eigenvalue weighted by Gasteiger charge is -2.16. The molecule has 4 atom stereocenters. The van der Waals surface area contributed by atoms with Gasteiger partial charge in [-0.05, 0) is 0 Å². The minimum Gasteiger partial charge on any atom is -0.449 e. The molecule has 6 N–H and O–H groups in total. The predicted octanol–water partition coefficient (Wildman–Crippen LogP) is -1.74. The zero-order chi connectivity index (χ0) is 20.0. The van der Waals surface area contributed by atoms with Crippen LogP contribution in [0, 0.1) is 0 Å². The predicted molar refractivity (Wildman–Crippen MR) is 88.5 cm³/mol. The Morgan fingerprint density at radius 1 is 1.32 bits per heavy atom. The lowest BCUT2D eigenvalue weighted by atomic mass is 10.1. The van der Waals surface area contributed by atoms with E-state index >= 15 is 0 Å². The second-order valence-electron chi connectivity index (χ2n) is 5.95. The molecule has 1 aliphatic rings. The molecule has 3 aromatic rings. The van der Waals surface area contributed by atoms with Gasteiger partial charge in [-0.15, -0.1) is 0 Å². The number of anilines is 1. The highest BCUT2D eigenvalue weighted by Gasteiger charge is 2.44. The van der Waals surface area contributed by atoms with Crippen molar-refractivity contribution in [1.29, 1.82) is 0 Å². The maximum absolute atomic E-state index is 10.6. The molecule has 3 aromatic heterocycles. The van der Waals surface area contributed by atoms with E-state index in [2.05, 4.69) is 24.8 Å². The lowest BCUT2D eigenvalue weighted by Crippen LogP contribution is -2.33. The second kappa shape index (κ2) is 6.68. The average molecular weight is 393 g/mol. The smallest absolute Gasteiger partial charge is 0.449 e. The van der Waals surface area contributed by atoms with Gasteiger partial charge in [-0.2, -0.15) is 15.1 Å². The summed E-state index contributed by atoms with van der Waals surface area (Å²) in [4.78, 5) is 23.1. The summed E-state index contributed by atoms with van der Waals surface area (Å²) in [6, 6.07) is 0. The molecule has 14 nitrogen and oxygen atoms in total. The van der Waals surface area contributed by atoms with Crippen LogP contribution >= 0.6 is 0 Å². The van der Waals surface area contributed by atoms with Gasteiger partial charge in [0.05, 0.1) is 25.3 Å². The van der Waals surface area contributed by atoms with E-state index in [-0.39, 0.29) is 28.7 Å². The highest BCUT2D eigenvalue weighted by molar-refractivity contribution is 5.82. The van der Waals surface area contributed by atoms with Crippen LogP contribution < -0.4 is 10.5 Å². The van der Waals surface area contributed by atoms with Gasteiger partial charge in [-0.25, -0.2) is 14.5 Å². The third kappa shape index (κ3) is 2.89. The lowest BCUT2D eigenvalue weighted by molar-refractivity contribution is -0.0511. The average Bonchev–Trinajstić information content (AvgIpc) is 3.34. The molecule has 1 saturated heterocycles. The number of carboxylic acid groups (broad SMARTS) is 1. The van der Waals surface area contributed by atoms with Gasteiger partial charge in [0.1, 0.15) is 23.8 Å². The van der Waals surface area contributed by atoms with Gasteiger partial charge >= 0.3 is 6.16 Å². The molecule has 4 heterocycles. The minimum atomic E-state index is -1.50. The van der Waals surface area contributed by atoms with Crippen molar-refractivity contribution in [1.82, 2.24) is 29.3 Å². The Hall–Kier alpha value is -3.33. The Balaban J connectivity index is 1.75. The SMILES string of the molecule is Nc1nc(-n2cc(OC(=O)O)cn2)nc2c1ncn2[C@@H]1O[C@H](CO)[C@@H](O)[C@H]1O. The van der Waals surface area contributed by atoms with E-state index in [1.54, 1.807) is 0 Å². The summed E-state index contributed by atoms with van der Waals surface area (Å²) in [5.41, 5.74) is 6.32. The van der Waals surface area contributed by atoms with Crippen molar-refractivity contribution < 1.29 is 34.7 Å². The number of nitrogen functional groups attached to an aromatic ring is 1. The van der Waals surface area contributed by atoms with Crippen molar-refractivity contribution >= 4 is 23.1 Å². The molecule has 0 unspecified atom stereocenters. The number of aromatic nitrogens is 6. The molecule has 28 heavy (non-hydrogen) atoms. The summed E-state index contributed by atoms with van der Waals surface area (Å²) in [6.07, 6.45) is -2.48. The maximum atomic E-state index is 10.6. The molecule has 0 aliphatic carbocycles. The van der Waals surface area contributed by atoms with E-state index in [9.17, 15) is 20.1 Å². The fourth-order valence-electron chi connectivity index (χ4n) is 2.89. The van der Waals surface area contributed by atoms with Crippen LogP contribution in [0.5, 0.6) is 5.75 Å². The number of nitrogens with zero attached hydrogens (tertiary/aromatic N) is 6. The number of imidazole rings is 1. The molecule has 0 spiro atoms. The van der Waals surface area contributed by atoms with Crippen LogP contribution in [-0.4, -0.2) is 80.8 Å². The second-order valence-corrected chi connectivity index (χ2v) is 5.95. The summed E-state index contributed by atoms with van der Waals surface area (Å²) in [5, 5.41) is 42.0. The van der Waals surface area contributed by atoms with Gasteiger partial charge in [0.15, 0.2) is 23.4 Å². The normalized spacial score (nSPS) is 24.7. The van der Waals surface area contributed by atoms with Crippen LogP contribution in [-0.2, 0) is 4.74 Å². The van der Waals surface area contributed by atoms with Crippen molar-refractivity contribution in [2.75, 3.05) is 12.3 Å². The standard InChI is InChI=1S/C14H15N7O7/c15-10-7-11(19-13(18-10)21-2-5(1-17-21)27-14(25)26)20(4-16-7)12-9(24)8(23)6(3-22)28-12/h1-2,4,6,8-9,12,22-24H,3H2,(H,25,26)(H2,15,18,19)/t6-,8-,9-,12-/m1/s1. The molecule has 0 radical (unpaired) electrons. The molecule has 0 amide bonds. The van der Waals surface area contributed by atoms with Crippen LogP contribution in [0.25, 0.3) is 17.1 Å². The van der Waals surface area contributed by atoms with Gasteiger partial charge < -0.3 is 35.6 Å². The van der Waals surface area contributed by atoms with Crippen molar-refractivity contribution in [3.05, 3.63) is 18.7 Å². The van der Waals surface area contributed by atoms with Crippen molar-refractivity contribution in [2.24, 2.45) is 0 Å². The number of aliphatic hydroxyl groups is 3. The maximum Gasteiger partial charge on any atom is 0.511 e. The number of ether oxygens (including phenoxy) is 2. The number of nitrogens with two attached hydrogens (primary N) is 1. The zero-order valence-corrected chi connectivity index (χ0v) is 14.0. The van der Waals surface area contributed by atoms with Crippen LogP contribution in [0.1, 0.15) is 6.23 Å². The Labute approximate surface area is 155 Å². The van der Waals surface area contributed by atoms with Crippen LogP contribution in [0.4, 0.5) is 10.6 Å². The number of carbonyl (C=O) groups is 1. The third-order valence-electron chi connectivity index (χ3n) is 4.20. The molecular weight excluding hydrogens is 378 g/mol. The van der Waals surface area contributed by atoms with Gasteiger partial charge in [-0.1, -0.05) is 0 Å². The zero-order valence-electron chi connectivity index (χ0n) is 14.0. The summed E-state index contributed by atoms with van der Waals surface area (Å²) in [6.45, 7) is -0.483. The van der Waals surface area contributed by atoms with Crippen molar-refractivity contribution in [2.45, 2.75) is 24.5 Å². The molecule has 14 heteroatoms. The third-order valence-corrected chi connectivity index (χ3v) is 4.20. The van der Waals surface area contributed by atoms with Gasteiger partial charge in [0.2, 0.25) is 0 Å². The first kappa shape index (κ1) is 18.1. The van der Waals surface area contributed by atoms with Crippen molar-refractivity contribution in [3.63, 3.8) is 0 Å². The summed E-state index contributed by atoms with van der Waals surface area (Å²) in [5.74, 6) is -0.0628. The Morgan fingerprint density at radius 2 is 2.11 bits per heavy atom. The number of hydrogen-bond acceptors (Lipinski definition) is 11. The molecule has 148 valence electrons. The van der Waals surface area contributed by atoms with E-state index in [0.717, 1.165) is 10.9 Å². The molecule has 4 rings (SSSR count). The van der Waals surface area contributed by atoms with Gasteiger partial charge in [0, 0.05) is 0 Å². The fourth-order valence-corrected chi connectivity index (χ4v) is 2.89. The van der Waals surface area contributed by atoms with E-state index in [0.29, 0.717) is 0 Å². The first-order valence-electron chi connectivity index (χ1n) is 7.97. The summed E-state index contributed by atoms with van der Waals surface area (Å²) in [7, 11) is 0. The molecule has 0 bridgehead atoms. The molecule has 1 aliphatic heterocycles. The van der Waals surface area contributed by atoms with E-state index in [1.165, 1.54) is 17.1 Å². The highest BCUT2D eigenvalue weighted by atomic mass is 16.7. The van der Waals surface area contributed by atoms with Crippen LogP contribution in [0.2, 0.25) is 0 Å². The first-order chi connectivity index (χ1) is 13.4. The summed E-state index contributed by atoms with van der Waals surface area (Å²) < 4.78 is 12.5. The molecular formula is C14H15N7O7. The van der Waals surface area contributed by atoms with Gasteiger partial charge in [0.25, 0.3) is 5.95 Å². The number of fused-ring (bicyclic) bond motifs is 1. The Kier molecular flexibility index (Phi) is 4.31. The monoisotopic (exact) mass is 393 g/mol. The topological polar surface area (TPSA) is 204 Å². The Bertz CT molecular complexity index is 1030. The quantitative estimate of drug-likeness (QED) is 0.313. The number of aliphatic hydroxyl groups excluding tert-OH is 3. The minimum absolute atomic E-state index is 0.00157. The fraction of sp³-hybridized carbons (Fsp3) is 0.357. The van der Waals surface area contributed by atoms with Crippen molar-refractivity contribution in [3.8, 4) is 11.7 Å². The summed E-state index contributed by atoms with van der Waals surface area (Å²) >= 11 is 0. The molecule has 1 fully saturated rings. The van der Waals surface area contributed by atoms with E-state index in [4.69, 9.17) is 15.6 Å². The first-order valence-corrected chi connectivity index (χ1v) is 7.97. The van der Waals surface area contributed by atoms with Gasteiger partial charge in [-0.3, -0.25) is 4.57 Å². The van der Waals surface area contributed by atoms with Crippen LogP contribution in [0.15, 0.2) is 18.7 Å². The van der Waals surface area contributed by atoms with Crippen LogP contribution in [0.3, 0.4) is 0 Å².